The first-order valence-electron chi connectivity index (χ1n) is 3.85. The SMILES string of the molecule is NC(CCO)CSc1cccs1. The molecule has 12 heavy (non-hydrogen) atoms. The van der Waals surface area contributed by atoms with E-state index < -0.39 is 0 Å². The molecule has 0 aliphatic carbocycles. The predicted molar refractivity (Wildman–Crippen MR) is 54.7 cm³/mol. The first-order chi connectivity index (χ1) is 5.83. The van der Waals surface area contributed by atoms with Crippen LogP contribution in [0.15, 0.2) is 21.7 Å². The van der Waals surface area contributed by atoms with E-state index in [0.717, 1.165) is 5.75 Å². The Morgan fingerprint density at radius 1 is 1.67 bits per heavy atom. The standard InChI is InChI=1S/C8H13NOS2/c9-7(3-4-10)6-12-8-2-1-5-11-8/h1-2,5,7,10H,3-4,6,9H2. The van der Waals surface area contributed by atoms with Crippen LogP contribution in [0.5, 0.6) is 0 Å². The number of hydrogen-bond donors (Lipinski definition) is 2. The molecule has 1 atom stereocenters. The molecule has 1 heterocycles. The molecule has 1 aromatic heterocycles. The maximum absolute atomic E-state index is 8.61. The normalized spacial score (nSPS) is 13.2. The number of aliphatic hydroxyl groups is 1. The highest BCUT2D eigenvalue weighted by atomic mass is 32.2. The summed E-state index contributed by atoms with van der Waals surface area (Å²) in [6.45, 7) is 0.187. The van der Waals surface area contributed by atoms with Crippen molar-refractivity contribution < 1.29 is 5.11 Å². The number of aliphatic hydroxyl groups excluding tert-OH is 1. The number of rotatable bonds is 5. The molecule has 0 spiro atoms. The summed E-state index contributed by atoms with van der Waals surface area (Å²) < 4.78 is 1.29. The van der Waals surface area contributed by atoms with Crippen LogP contribution in [0, 0.1) is 0 Å². The van der Waals surface area contributed by atoms with Crippen LogP contribution in [0.4, 0.5) is 0 Å². The highest BCUT2D eigenvalue weighted by molar-refractivity contribution is 8.01. The summed E-state index contributed by atoms with van der Waals surface area (Å²) in [6.07, 6.45) is 0.693. The van der Waals surface area contributed by atoms with Gasteiger partial charge >= 0.3 is 0 Å². The number of hydrogen-bond acceptors (Lipinski definition) is 4. The minimum Gasteiger partial charge on any atom is -0.396 e. The van der Waals surface area contributed by atoms with E-state index in [4.69, 9.17) is 10.8 Å². The fourth-order valence-electron chi connectivity index (χ4n) is 0.784. The van der Waals surface area contributed by atoms with E-state index >= 15 is 0 Å². The van der Waals surface area contributed by atoms with E-state index in [2.05, 4.69) is 11.4 Å². The molecule has 0 aliphatic rings. The third-order valence-corrected chi connectivity index (χ3v) is 3.75. The molecule has 0 bridgehead atoms. The fraction of sp³-hybridized carbons (Fsp3) is 0.500. The smallest absolute Gasteiger partial charge is 0.0599 e. The van der Waals surface area contributed by atoms with Crippen LogP contribution in [-0.4, -0.2) is 23.5 Å². The lowest BCUT2D eigenvalue weighted by molar-refractivity contribution is 0.279. The molecular formula is C8H13NOS2. The van der Waals surface area contributed by atoms with Crippen molar-refractivity contribution in [3.63, 3.8) is 0 Å². The van der Waals surface area contributed by atoms with Crippen molar-refractivity contribution in [3.05, 3.63) is 17.5 Å². The summed E-state index contributed by atoms with van der Waals surface area (Å²) in [5.41, 5.74) is 5.72. The van der Waals surface area contributed by atoms with Crippen molar-refractivity contribution in [2.45, 2.75) is 16.7 Å². The van der Waals surface area contributed by atoms with Crippen LogP contribution in [0.25, 0.3) is 0 Å². The van der Waals surface area contributed by atoms with Crippen molar-refractivity contribution >= 4 is 23.1 Å². The van der Waals surface area contributed by atoms with Crippen LogP contribution >= 0.6 is 23.1 Å². The molecule has 0 fully saturated rings. The second-order valence-electron chi connectivity index (χ2n) is 2.52. The minimum absolute atomic E-state index is 0.113. The summed E-state index contributed by atoms with van der Waals surface area (Å²) in [4.78, 5) is 0. The Morgan fingerprint density at radius 2 is 2.50 bits per heavy atom. The Hall–Kier alpha value is -0.0300. The lowest BCUT2D eigenvalue weighted by Gasteiger charge is -2.07. The van der Waals surface area contributed by atoms with Gasteiger partial charge in [0.2, 0.25) is 0 Å². The highest BCUT2D eigenvalue weighted by Gasteiger charge is 2.02. The van der Waals surface area contributed by atoms with Crippen molar-refractivity contribution in [2.24, 2.45) is 5.73 Å². The molecule has 1 unspecified atom stereocenters. The third kappa shape index (κ3) is 3.58. The van der Waals surface area contributed by atoms with Crippen molar-refractivity contribution in [1.82, 2.24) is 0 Å². The first-order valence-corrected chi connectivity index (χ1v) is 5.72. The zero-order chi connectivity index (χ0) is 8.81. The van der Waals surface area contributed by atoms with Crippen LogP contribution < -0.4 is 5.73 Å². The molecule has 4 heteroatoms. The van der Waals surface area contributed by atoms with E-state index in [0.29, 0.717) is 6.42 Å². The molecule has 0 saturated carbocycles. The van der Waals surface area contributed by atoms with Gasteiger partial charge in [-0.3, -0.25) is 0 Å². The van der Waals surface area contributed by atoms with Gasteiger partial charge in [-0.15, -0.1) is 23.1 Å². The van der Waals surface area contributed by atoms with Gasteiger partial charge < -0.3 is 10.8 Å². The zero-order valence-corrected chi connectivity index (χ0v) is 8.40. The molecule has 3 N–H and O–H groups in total. The van der Waals surface area contributed by atoms with E-state index in [1.807, 2.05) is 6.07 Å². The quantitative estimate of drug-likeness (QED) is 0.714. The van der Waals surface area contributed by atoms with Gasteiger partial charge in [0.1, 0.15) is 0 Å². The lowest BCUT2D eigenvalue weighted by atomic mass is 10.3. The van der Waals surface area contributed by atoms with Gasteiger partial charge in [0, 0.05) is 18.4 Å². The molecule has 2 nitrogen and oxygen atoms in total. The number of thiophene rings is 1. The summed E-state index contributed by atoms with van der Waals surface area (Å²) in [6, 6.07) is 4.23. The molecule has 1 rings (SSSR count). The van der Waals surface area contributed by atoms with Crippen molar-refractivity contribution in [3.8, 4) is 0 Å². The summed E-state index contributed by atoms with van der Waals surface area (Å²) in [5, 5.41) is 10.7. The van der Waals surface area contributed by atoms with E-state index in [1.54, 1.807) is 23.1 Å². The predicted octanol–water partition coefficient (Wildman–Crippen LogP) is 1.55. The van der Waals surface area contributed by atoms with Gasteiger partial charge in [-0.25, -0.2) is 0 Å². The van der Waals surface area contributed by atoms with Gasteiger partial charge in [0.15, 0.2) is 0 Å². The van der Waals surface area contributed by atoms with Crippen molar-refractivity contribution in [1.29, 1.82) is 0 Å². The Kier molecular flexibility index (Phi) is 4.68. The molecule has 1 aromatic rings. The summed E-state index contributed by atoms with van der Waals surface area (Å²) in [7, 11) is 0. The molecule has 0 amide bonds. The molecular weight excluding hydrogens is 190 g/mol. The lowest BCUT2D eigenvalue weighted by Crippen LogP contribution is -2.23. The maximum atomic E-state index is 8.61. The maximum Gasteiger partial charge on any atom is 0.0599 e. The molecule has 0 aromatic carbocycles. The van der Waals surface area contributed by atoms with Gasteiger partial charge in [0.25, 0.3) is 0 Å². The topological polar surface area (TPSA) is 46.2 Å². The summed E-state index contributed by atoms with van der Waals surface area (Å²) in [5.74, 6) is 0.890. The number of nitrogens with two attached hydrogens (primary N) is 1. The van der Waals surface area contributed by atoms with Gasteiger partial charge in [0.05, 0.1) is 4.21 Å². The van der Waals surface area contributed by atoms with Crippen LogP contribution in [-0.2, 0) is 0 Å². The molecule has 68 valence electrons. The minimum atomic E-state index is 0.113. The van der Waals surface area contributed by atoms with Gasteiger partial charge in [-0.05, 0) is 17.9 Å². The second kappa shape index (κ2) is 5.59. The first kappa shape index (κ1) is 10.1. The van der Waals surface area contributed by atoms with Gasteiger partial charge in [-0.1, -0.05) is 6.07 Å². The third-order valence-electron chi connectivity index (χ3n) is 1.43. The zero-order valence-electron chi connectivity index (χ0n) is 6.77. The van der Waals surface area contributed by atoms with E-state index in [9.17, 15) is 0 Å². The average Bonchev–Trinajstić information content (AvgIpc) is 2.53. The largest absolute Gasteiger partial charge is 0.396 e. The van der Waals surface area contributed by atoms with Crippen LogP contribution in [0.1, 0.15) is 6.42 Å². The Bertz CT molecular complexity index is 201. The van der Waals surface area contributed by atoms with E-state index in [1.165, 1.54) is 4.21 Å². The monoisotopic (exact) mass is 203 g/mol. The van der Waals surface area contributed by atoms with Gasteiger partial charge in [-0.2, -0.15) is 0 Å². The van der Waals surface area contributed by atoms with Crippen LogP contribution in [0.2, 0.25) is 0 Å². The Morgan fingerprint density at radius 3 is 3.08 bits per heavy atom. The highest BCUT2D eigenvalue weighted by Crippen LogP contribution is 2.23. The molecule has 0 radical (unpaired) electrons. The summed E-state index contributed by atoms with van der Waals surface area (Å²) >= 11 is 3.49. The van der Waals surface area contributed by atoms with E-state index in [-0.39, 0.29) is 12.6 Å². The molecule has 0 aliphatic heterocycles. The fourth-order valence-corrected chi connectivity index (χ4v) is 2.60. The Labute approximate surface area is 80.8 Å². The van der Waals surface area contributed by atoms with Crippen LogP contribution in [0.3, 0.4) is 0 Å². The average molecular weight is 203 g/mol. The second-order valence-corrected chi connectivity index (χ2v) is 4.78. The molecule has 0 saturated heterocycles. The van der Waals surface area contributed by atoms with Crippen molar-refractivity contribution in [2.75, 3.05) is 12.4 Å². The number of thioether (sulfide) groups is 1. The Balaban J connectivity index is 2.17.